The average Bonchev–Trinajstić information content (AvgIpc) is 2.34. The fraction of sp³-hybridized carbons (Fsp3) is 0.500. The van der Waals surface area contributed by atoms with Crippen LogP contribution in [0.15, 0.2) is 30.3 Å². The van der Waals surface area contributed by atoms with Crippen molar-refractivity contribution in [2.75, 3.05) is 20.3 Å². The highest BCUT2D eigenvalue weighted by Crippen LogP contribution is 2.06. The number of benzene rings is 1. The van der Waals surface area contributed by atoms with Crippen molar-refractivity contribution in [3.8, 4) is 0 Å². The number of nitrogens with zero attached hydrogens (tertiary/aromatic N) is 1. The molecule has 4 nitrogen and oxygen atoms in total. The van der Waals surface area contributed by atoms with Crippen LogP contribution >= 0.6 is 12.4 Å². The number of halogens is 1. The maximum atomic E-state index is 12.1. The predicted molar refractivity (Wildman–Crippen MR) is 79.2 cm³/mol. The van der Waals surface area contributed by atoms with Gasteiger partial charge in [-0.25, -0.2) is 0 Å². The molecule has 0 heterocycles. The van der Waals surface area contributed by atoms with E-state index >= 15 is 0 Å². The van der Waals surface area contributed by atoms with Gasteiger partial charge in [0.2, 0.25) is 5.91 Å². The van der Waals surface area contributed by atoms with E-state index < -0.39 is 0 Å². The van der Waals surface area contributed by atoms with Gasteiger partial charge in [0.25, 0.3) is 0 Å². The molecule has 0 aliphatic heterocycles. The van der Waals surface area contributed by atoms with Crippen molar-refractivity contribution in [3.05, 3.63) is 35.9 Å². The van der Waals surface area contributed by atoms with Gasteiger partial charge in [0.05, 0.1) is 6.61 Å². The summed E-state index contributed by atoms with van der Waals surface area (Å²) in [6.07, 6.45) is 0.372. The second-order valence-corrected chi connectivity index (χ2v) is 4.48. The van der Waals surface area contributed by atoms with Crippen LogP contribution in [0.25, 0.3) is 0 Å². The van der Waals surface area contributed by atoms with E-state index in [0.717, 1.165) is 5.56 Å². The van der Waals surface area contributed by atoms with E-state index in [9.17, 15) is 4.79 Å². The van der Waals surface area contributed by atoms with Gasteiger partial charge in [0, 0.05) is 32.7 Å². The standard InChI is InChI=1S/C14H22N2O2.ClH/c1-12(15)10-14(17)16(8-9-18-2)11-13-6-4-3-5-7-13;/h3-7,12H,8-11,15H2,1-2H3;1H. The number of methoxy groups -OCH3 is 1. The topological polar surface area (TPSA) is 55.6 Å². The first kappa shape index (κ1) is 17.9. The Kier molecular flexibility index (Phi) is 9.21. The van der Waals surface area contributed by atoms with Gasteiger partial charge in [-0.3, -0.25) is 4.79 Å². The summed E-state index contributed by atoms with van der Waals surface area (Å²) in [6, 6.07) is 9.82. The summed E-state index contributed by atoms with van der Waals surface area (Å²) < 4.78 is 5.04. The molecule has 0 fully saturated rings. The van der Waals surface area contributed by atoms with Gasteiger partial charge in [-0.1, -0.05) is 30.3 Å². The smallest absolute Gasteiger partial charge is 0.224 e. The molecule has 108 valence electrons. The molecule has 1 aromatic carbocycles. The molecule has 0 aliphatic carbocycles. The SMILES string of the molecule is COCCN(Cc1ccccc1)C(=O)CC(C)N.Cl. The van der Waals surface area contributed by atoms with Gasteiger partial charge < -0.3 is 15.4 Å². The minimum absolute atomic E-state index is 0. The van der Waals surface area contributed by atoms with Gasteiger partial charge in [0.15, 0.2) is 0 Å². The molecule has 2 N–H and O–H groups in total. The summed E-state index contributed by atoms with van der Waals surface area (Å²) in [6.45, 7) is 3.58. The van der Waals surface area contributed by atoms with Crippen molar-refractivity contribution < 1.29 is 9.53 Å². The van der Waals surface area contributed by atoms with E-state index in [1.54, 1.807) is 12.0 Å². The molecule has 1 amide bonds. The van der Waals surface area contributed by atoms with E-state index in [4.69, 9.17) is 10.5 Å². The Hall–Kier alpha value is -1.10. The summed E-state index contributed by atoms with van der Waals surface area (Å²) in [5, 5.41) is 0. The number of carbonyl (C=O) groups is 1. The number of ether oxygens (including phenoxy) is 1. The third kappa shape index (κ3) is 7.15. The summed E-state index contributed by atoms with van der Waals surface area (Å²) >= 11 is 0. The van der Waals surface area contributed by atoms with Crippen molar-refractivity contribution in [1.29, 1.82) is 0 Å². The van der Waals surface area contributed by atoms with Crippen LogP contribution in [0.1, 0.15) is 18.9 Å². The third-order valence-corrected chi connectivity index (χ3v) is 2.63. The second-order valence-electron chi connectivity index (χ2n) is 4.48. The van der Waals surface area contributed by atoms with Crippen LogP contribution in [0.3, 0.4) is 0 Å². The first-order valence-electron chi connectivity index (χ1n) is 6.19. The minimum Gasteiger partial charge on any atom is -0.383 e. The Morgan fingerprint density at radius 2 is 2.00 bits per heavy atom. The molecule has 1 rings (SSSR count). The maximum Gasteiger partial charge on any atom is 0.224 e. The Labute approximate surface area is 121 Å². The fourth-order valence-corrected chi connectivity index (χ4v) is 1.70. The Morgan fingerprint density at radius 1 is 1.37 bits per heavy atom. The van der Waals surface area contributed by atoms with E-state index in [1.807, 2.05) is 37.3 Å². The summed E-state index contributed by atoms with van der Waals surface area (Å²) in [4.78, 5) is 13.8. The lowest BCUT2D eigenvalue weighted by Gasteiger charge is -2.23. The number of hydrogen-bond acceptors (Lipinski definition) is 3. The quantitative estimate of drug-likeness (QED) is 0.832. The minimum atomic E-state index is -0.113. The van der Waals surface area contributed by atoms with E-state index in [0.29, 0.717) is 26.1 Å². The lowest BCUT2D eigenvalue weighted by Crippen LogP contribution is -2.36. The Balaban J connectivity index is 0.00000324. The molecule has 0 aliphatic rings. The zero-order chi connectivity index (χ0) is 13.4. The van der Waals surface area contributed by atoms with Crippen molar-refractivity contribution in [2.45, 2.75) is 25.9 Å². The van der Waals surface area contributed by atoms with Crippen LogP contribution in [0.2, 0.25) is 0 Å². The molecule has 0 saturated carbocycles. The largest absolute Gasteiger partial charge is 0.383 e. The van der Waals surface area contributed by atoms with E-state index in [2.05, 4.69) is 0 Å². The van der Waals surface area contributed by atoms with Gasteiger partial charge in [-0.15, -0.1) is 12.4 Å². The average molecular weight is 287 g/mol. The van der Waals surface area contributed by atoms with Crippen molar-refractivity contribution in [1.82, 2.24) is 4.90 Å². The summed E-state index contributed by atoms with van der Waals surface area (Å²) in [7, 11) is 1.64. The van der Waals surface area contributed by atoms with Crippen molar-refractivity contribution in [2.24, 2.45) is 5.73 Å². The van der Waals surface area contributed by atoms with Crippen molar-refractivity contribution >= 4 is 18.3 Å². The molecule has 0 radical (unpaired) electrons. The van der Waals surface area contributed by atoms with Crippen LogP contribution in [0.5, 0.6) is 0 Å². The molecule has 0 aromatic heterocycles. The maximum absolute atomic E-state index is 12.1. The van der Waals surface area contributed by atoms with Gasteiger partial charge in [-0.2, -0.15) is 0 Å². The van der Waals surface area contributed by atoms with Gasteiger partial charge >= 0.3 is 0 Å². The highest BCUT2D eigenvalue weighted by Gasteiger charge is 2.15. The molecule has 1 atom stereocenters. The lowest BCUT2D eigenvalue weighted by atomic mass is 10.2. The molecule has 0 bridgehead atoms. The first-order valence-corrected chi connectivity index (χ1v) is 6.19. The molecule has 0 spiro atoms. The Bertz CT molecular complexity index is 358. The molecule has 19 heavy (non-hydrogen) atoms. The second kappa shape index (κ2) is 9.78. The number of carbonyl (C=O) groups excluding carboxylic acids is 1. The fourth-order valence-electron chi connectivity index (χ4n) is 1.70. The first-order chi connectivity index (χ1) is 8.63. The monoisotopic (exact) mass is 286 g/mol. The lowest BCUT2D eigenvalue weighted by molar-refractivity contribution is -0.132. The number of hydrogen-bond donors (Lipinski definition) is 1. The molecule has 5 heteroatoms. The highest BCUT2D eigenvalue weighted by atomic mass is 35.5. The summed E-state index contributed by atoms with van der Waals surface area (Å²) in [5.74, 6) is 0.0749. The Morgan fingerprint density at radius 3 is 2.53 bits per heavy atom. The van der Waals surface area contributed by atoms with Crippen LogP contribution < -0.4 is 5.73 Å². The molecular formula is C14H23ClN2O2. The molecule has 0 saturated heterocycles. The highest BCUT2D eigenvalue weighted by molar-refractivity contribution is 5.85. The molecule has 1 unspecified atom stereocenters. The molecular weight excluding hydrogens is 264 g/mol. The zero-order valence-corrected chi connectivity index (χ0v) is 12.4. The normalized spacial score (nSPS) is 11.5. The summed E-state index contributed by atoms with van der Waals surface area (Å²) in [5.41, 5.74) is 6.79. The van der Waals surface area contributed by atoms with Crippen molar-refractivity contribution in [3.63, 3.8) is 0 Å². The number of amides is 1. The van der Waals surface area contributed by atoms with Crippen LogP contribution in [0, 0.1) is 0 Å². The van der Waals surface area contributed by atoms with E-state index in [-0.39, 0.29) is 24.4 Å². The third-order valence-electron chi connectivity index (χ3n) is 2.63. The van der Waals surface area contributed by atoms with E-state index in [1.165, 1.54) is 0 Å². The van der Waals surface area contributed by atoms with Crippen LogP contribution in [-0.4, -0.2) is 37.1 Å². The van der Waals surface area contributed by atoms with Gasteiger partial charge in [0.1, 0.15) is 0 Å². The van der Waals surface area contributed by atoms with Crippen LogP contribution in [0.4, 0.5) is 0 Å². The number of nitrogens with two attached hydrogens (primary N) is 1. The number of rotatable bonds is 7. The predicted octanol–water partition coefficient (Wildman–Crippen LogP) is 1.82. The zero-order valence-electron chi connectivity index (χ0n) is 11.5. The molecule has 1 aromatic rings. The van der Waals surface area contributed by atoms with Crippen LogP contribution in [-0.2, 0) is 16.1 Å². The van der Waals surface area contributed by atoms with Gasteiger partial charge in [-0.05, 0) is 12.5 Å².